The third-order valence-electron chi connectivity index (χ3n) is 4.91. The summed E-state index contributed by atoms with van der Waals surface area (Å²) in [5, 5.41) is 7.55. The highest BCUT2D eigenvalue weighted by Gasteiger charge is 2.27. The van der Waals surface area contributed by atoms with E-state index in [2.05, 4.69) is 49.6 Å². The number of nitrogens with one attached hydrogen (secondary N) is 1. The zero-order valence-electron chi connectivity index (χ0n) is 17.0. The molecule has 1 aliphatic rings. The number of hydrogen-bond donors (Lipinski definition) is 1. The number of halogens is 2. The Morgan fingerprint density at radius 2 is 2.07 bits per heavy atom. The van der Waals surface area contributed by atoms with Crippen LogP contribution < -0.4 is 5.32 Å². The predicted octanol–water partition coefficient (Wildman–Crippen LogP) is 2.82. The van der Waals surface area contributed by atoms with Crippen molar-refractivity contribution < 1.29 is 4.79 Å². The van der Waals surface area contributed by atoms with Crippen molar-refractivity contribution in [3.63, 3.8) is 0 Å². The highest BCUT2D eigenvalue weighted by molar-refractivity contribution is 14.0. The smallest absolute Gasteiger partial charge is 0.241 e. The van der Waals surface area contributed by atoms with Crippen LogP contribution in [0.5, 0.6) is 0 Å². The molecule has 1 unspecified atom stereocenters. The number of amides is 1. The summed E-state index contributed by atoms with van der Waals surface area (Å²) in [4.78, 5) is 20.7. The molecular weight excluding hydrogens is 547 g/mol. The maximum Gasteiger partial charge on any atom is 0.241 e. The summed E-state index contributed by atoms with van der Waals surface area (Å²) in [5.41, 5.74) is 2.38. The van der Waals surface area contributed by atoms with Gasteiger partial charge in [-0.25, -0.2) is 4.99 Å². The van der Waals surface area contributed by atoms with Gasteiger partial charge in [0.05, 0.1) is 19.3 Å². The largest absolute Gasteiger partial charge is 0.347 e. The van der Waals surface area contributed by atoms with E-state index in [-0.39, 0.29) is 36.4 Å². The third-order valence-corrected chi connectivity index (χ3v) is 5.43. The Labute approximate surface area is 197 Å². The highest BCUT2D eigenvalue weighted by Crippen LogP contribution is 2.26. The number of carbonyl (C=O) groups excluding carboxylic acids is 1. The molecule has 1 aromatic heterocycles. The van der Waals surface area contributed by atoms with Crippen molar-refractivity contribution in [2.75, 3.05) is 33.7 Å². The molecule has 0 saturated carbocycles. The third kappa shape index (κ3) is 6.70. The van der Waals surface area contributed by atoms with Gasteiger partial charge in [0.2, 0.25) is 5.91 Å². The van der Waals surface area contributed by atoms with Crippen LogP contribution in [0.2, 0.25) is 0 Å². The van der Waals surface area contributed by atoms with Gasteiger partial charge in [0.15, 0.2) is 5.96 Å². The van der Waals surface area contributed by atoms with Crippen LogP contribution in [-0.2, 0) is 18.4 Å². The summed E-state index contributed by atoms with van der Waals surface area (Å²) in [6, 6.07) is 8.14. The second-order valence-corrected chi connectivity index (χ2v) is 8.20. The number of aromatic nitrogens is 2. The molecule has 1 atom stereocenters. The number of aryl methyl sites for hydroxylation is 1. The number of likely N-dealkylation sites (tertiary alicyclic amines) is 1. The molecule has 0 aliphatic carbocycles. The van der Waals surface area contributed by atoms with Crippen LogP contribution in [0.4, 0.5) is 0 Å². The number of benzene rings is 1. The predicted molar refractivity (Wildman–Crippen MR) is 130 cm³/mol. The van der Waals surface area contributed by atoms with Crippen molar-refractivity contribution in [3.05, 3.63) is 52.3 Å². The fourth-order valence-electron chi connectivity index (χ4n) is 3.21. The SMILES string of the molecule is CN(C)C(=O)CNC(=NCc1ccc(Br)cc1)N1CCC(c2cnn(C)c2)C1.I. The molecule has 1 aliphatic heterocycles. The first-order valence-corrected chi connectivity index (χ1v) is 10.2. The average Bonchev–Trinajstić information content (AvgIpc) is 3.32. The molecule has 29 heavy (non-hydrogen) atoms. The normalized spacial score (nSPS) is 16.5. The lowest BCUT2D eigenvalue weighted by Gasteiger charge is -2.22. The lowest BCUT2D eigenvalue weighted by molar-refractivity contribution is -0.127. The first-order chi connectivity index (χ1) is 13.4. The molecule has 1 saturated heterocycles. The van der Waals surface area contributed by atoms with Gasteiger partial charge in [-0.05, 0) is 29.7 Å². The van der Waals surface area contributed by atoms with Crippen LogP contribution >= 0.6 is 39.9 Å². The number of likely N-dealkylation sites (N-methyl/N-ethyl adjacent to an activating group) is 1. The Balaban J connectivity index is 0.00000300. The first kappa shape index (κ1) is 23.7. The lowest BCUT2D eigenvalue weighted by atomic mass is 10.0. The van der Waals surface area contributed by atoms with Crippen molar-refractivity contribution in [1.82, 2.24) is 24.9 Å². The van der Waals surface area contributed by atoms with Gasteiger partial charge in [-0.3, -0.25) is 9.48 Å². The fraction of sp³-hybridized carbons (Fsp3) is 0.450. The Morgan fingerprint density at radius 3 is 2.69 bits per heavy atom. The maximum atomic E-state index is 12.0. The molecule has 1 amide bonds. The first-order valence-electron chi connectivity index (χ1n) is 9.39. The number of rotatable bonds is 5. The van der Waals surface area contributed by atoms with Gasteiger partial charge in [-0.2, -0.15) is 5.10 Å². The van der Waals surface area contributed by atoms with Crippen LogP contribution in [0.3, 0.4) is 0 Å². The summed E-state index contributed by atoms with van der Waals surface area (Å²) < 4.78 is 2.89. The second-order valence-electron chi connectivity index (χ2n) is 7.29. The van der Waals surface area contributed by atoms with Crippen LogP contribution in [-0.4, -0.2) is 65.2 Å². The minimum Gasteiger partial charge on any atom is -0.347 e. The Kier molecular flexibility index (Phi) is 8.94. The minimum atomic E-state index is 0. The van der Waals surface area contributed by atoms with Gasteiger partial charge >= 0.3 is 0 Å². The summed E-state index contributed by atoms with van der Waals surface area (Å²) >= 11 is 3.46. The highest BCUT2D eigenvalue weighted by atomic mass is 127. The average molecular weight is 575 g/mol. The summed E-state index contributed by atoms with van der Waals surface area (Å²) in [6.07, 6.45) is 5.07. The van der Waals surface area contributed by atoms with E-state index in [0.29, 0.717) is 12.5 Å². The Bertz CT molecular complexity index is 836. The van der Waals surface area contributed by atoms with Gasteiger partial charge in [-0.15, -0.1) is 24.0 Å². The van der Waals surface area contributed by atoms with Crippen molar-refractivity contribution >= 4 is 51.8 Å². The molecular formula is C20H28BrIN6O. The van der Waals surface area contributed by atoms with Crippen molar-refractivity contribution in [3.8, 4) is 0 Å². The van der Waals surface area contributed by atoms with Gasteiger partial charge in [0.25, 0.3) is 0 Å². The van der Waals surface area contributed by atoms with Gasteiger partial charge in [0, 0.05) is 50.8 Å². The Hall–Kier alpha value is -1.62. The number of guanidine groups is 1. The quantitative estimate of drug-likeness (QED) is 0.339. The fourth-order valence-corrected chi connectivity index (χ4v) is 3.48. The van der Waals surface area contributed by atoms with Crippen molar-refractivity contribution in [2.45, 2.75) is 18.9 Å². The molecule has 7 nitrogen and oxygen atoms in total. The number of aliphatic imine (C=N–C) groups is 1. The molecule has 158 valence electrons. The van der Waals surface area contributed by atoms with E-state index in [4.69, 9.17) is 4.99 Å². The number of hydrogen-bond acceptors (Lipinski definition) is 3. The minimum absolute atomic E-state index is 0. The zero-order chi connectivity index (χ0) is 20.1. The number of carbonyl (C=O) groups is 1. The van der Waals surface area contributed by atoms with Crippen LogP contribution in [0.1, 0.15) is 23.5 Å². The van der Waals surface area contributed by atoms with Gasteiger partial charge in [-0.1, -0.05) is 28.1 Å². The molecule has 2 heterocycles. The summed E-state index contributed by atoms with van der Waals surface area (Å²) in [5.74, 6) is 1.24. The van der Waals surface area contributed by atoms with Crippen LogP contribution in [0, 0.1) is 0 Å². The zero-order valence-corrected chi connectivity index (χ0v) is 20.9. The van der Waals surface area contributed by atoms with E-state index in [0.717, 1.165) is 35.5 Å². The second kappa shape index (κ2) is 11.0. The Morgan fingerprint density at radius 1 is 1.34 bits per heavy atom. The maximum absolute atomic E-state index is 12.0. The molecule has 9 heteroatoms. The standard InChI is InChI=1S/C20H27BrN6O.HI/c1-25(2)19(28)12-23-20(22-10-15-4-6-18(21)7-5-15)27-9-8-16(14-27)17-11-24-26(3)13-17;/h4-7,11,13,16H,8-10,12,14H2,1-3H3,(H,22,23);1H. The van der Waals surface area contributed by atoms with E-state index in [1.54, 1.807) is 19.0 Å². The van der Waals surface area contributed by atoms with Gasteiger partial charge in [0.1, 0.15) is 0 Å². The van der Waals surface area contributed by atoms with E-state index in [1.807, 2.05) is 30.1 Å². The summed E-state index contributed by atoms with van der Waals surface area (Å²) in [6.45, 7) is 2.58. The molecule has 2 aromatic rings. The monoisotopic (exact) mass is 574 g/mol. The molecule has 1 fully saturated rings. The number of nitrogens with zero attached hydrogens (tertiary/aromatic N) is 5. The van der Waals surface area contributed by atoms with Crippen molar-refractivity contribution in [2.24, 2.45) is 12.0 Å². The molecule has 1 N–H and O–H groups in total. The molecule has 0 bridgehead atoms. The van der Waals surface area contributed by atoms with E-state index < -0.39 is 0 Å². The molecule has 1 aromatic carbocycles. The summed E-state index contributed by atoms with van der Waals surface area (Å²) in [7, 11) is 5.46. The van der Waals surface area contributed by atoms with Crippen LogP contribution in [0.15, 0.2) is 46.1 Å². The van der Waals surface area contributed by atoms with E-state index in [1.165, 1.54) is 5.56 Å². The van der Waals surface area contributed by atoms with Crippen molar-refractivity contribution in [1.29, 1.82) is 0 Å². The molecule has 0 radical (unpaired) electrons. The van der Waals surface area contributed by atoms with Crippen LogP contribution in [0.25, 0.3) is 0 Å². The van der Waals surface area contributed by atoms with Gasteiger partial charge < -0.3 is 15.1 Å². The lowest BCUT2D eigenvalue weighted by Crippen LogP contribution is -2.44. The molecule has 3 rings (SSSR count). The van der Waals surface area contributed by atoms with E-state index in [9.17, 15) is 4.79 Å². The topological polar surface area (TPSA) is 65.8 Å². The van der Waals surface area contributed by atoms with E-state index >= 15 is 0 Å². The molecule has 0 spiro atoms.